The molecule has 0 spiro atoms. The highest BCUT2D eigenvalue weighted by Crippen LogP contribution is 2.21. The van der Waals surface area contributed by atoms with Crippen LogP contribution in [0, 0.1) is 5.92 Å². The molecule has 2 rings (SSSR count). The summed E-state index contributed by atoms with van der Waals surface area (Å²) >= 11 is 0. The van der Waals surface area contributed by atoms with Crippen molar-refractivity contribution >= 4 is 35.8 Å². The topological polar surface area (TPSA) is 82.8 Å². The molecule has 0 saturated carbocycles. The highest BCUT2D eigenvalue weighted by atomic mass is 127. The Kier molecular flexibility index (Phi) is 11.6. The second-order valence-corrected chi connectivity index (χ2v) is 8.33. The molecule has 1 aliphatic heterocycles. The standard InChI is InChI=1S/C22H37N5O.HI/c1-22(2,19-9-5-4-6-10-19)17-26-21(24-3)25-13-7-8-14-27-15-11-18(12-16-27)20(23)28;/h4-6,9-10,18H,7-8,11-17H2,1-3H3,(H2,23,28)(H2,24,25,26);1H. The number of benzene rings is 1. The van der Waals surface area contributed by atoms with E-state index < -0.39 is 0 Å². The van der Waals surface area contributed by atoms with Crippen molar-refractivity contribution in [2.24, 2.45) is 16.6 Å². The number of carbonyl (C=O) groups excluding carboxylic acids is 1. The minimum atomic E-state index is -0.141. The molecule has 1 fully saturated rings. The van der Waals surface area contributed by atoms with Crippen molar-refractivity contribution in [3.8, 4) is 0 Å². The van der Waals surface area contributed by atoms with E-state index in [9.17, 15) is 4.79 Å². The molecular formula is C22H38IN5O. The summed E-state index contributed by atoms with van der Waals surface area (Å²) in [5, 5.41) is 6.86. The van der Waals surface area contributed by atoms with Crippen LogP contribution in [0.2, 0.25) is 0 Å². The molecule has 1 aliphatic rings. The maximum Gasteiger partial charge on any atom is 0.220 e. The molecule has 0 radical (unpaired) electrons. The number of carbonyl (C=O) groups is 1. The molecule has 0 bridgehead atoms. The van der Waals surface area contributed by atoms with Gasteiger partial charge in [0, 0.05) is 31.5 Å². The van der Waals surface area contributed by atoms with Gasteiger partial charge in [0.15, 0.2) is 5.96 Å². The van der Waals surface area contributed by atoms with E-state index in [1.54, 1.807) is 0 Å². The van der Waals surface area contributed by atoms with Crippen molar-refractivity contribution < 1.29 is 4.79 Å². The minimum Gasteiger partial charge on any atom is -0.369 e. The quantitative estimate of drug-likeness (QED) is 0.205. The Labute approximate surface area is 193 Å². The summed E-state index contributed by atoms with van der Waals surface area (Å²) in [4.78, 5) is 18.0. The van der Waals surface area contributed by atoms with Crippen LogP contribution >= 0.6 is 24.0 Å². The predicted octanol–water partition coefficient (Wildman–Crippen LogP) is 2.72. The van der Waals surface area contributed by atoms with Crippen LogP contribution < -0.4 is 16.4 Å². The largest absolute Gasteiger partial charge is 0.369 e. The lowest BCUT2D eigenvalue weighted by Crippen LogP contribution is -2.43. The number of nitrogens with zero attached hydrogens (tertiary/aromatic N) is 2. The summed E-state index contributed by atoms with van der Waals surface area (Å²) in [7, 11) is 1.81. The molecule has 1 heterocycles. The van der Waals surface area contributed by atoms with Crippen molar-refractivity contribution in [3.05, 3.63) is 35.9 Å². The number of piperidine rings is 1. The molecule has 7 heteroatoms. The van der Waals surface area contributed by atoms with Crippen LogP contribution in [0.1, 0.15) is 45.1 Å². The highest BCUT2D eigenvalue weighted by molar-refractivity contribution is 14.0. The highest BCUT2D eigenvalue weighted by Gasteiger charge is 2.22. The van der Waals surface area contributed by atoms with Gasteiger partial charge in [-0.1, -0.05) is 44.2 Å². The maximum atomic E-state index is 11.2. The fourth-order valence-corrected chi connectivity index (χ4v) is 3.62. The second-order valence-electron chi connectivity index (χ2n) is 8.33. The Morgan fingerprint density at radius 2 is 1.83 bits per heavy atom. The van der Waals surface area contributed by atoms with Gasteiger partial charge >= 0.3 is 0 Å². The van der Waals surface area contributed by atoms with E-state index in [4.69, 9.17) is 5.73 Å². The first-order valence-electron chi connectivity index (χ1n) is 10.4. The summed E-state index contributed by atoms with van der Waals surface area (Å²) in [6.45, 7) is 9.26. The Bertz CT molecular complexity index is 627. The van der Waals surface area contributed by atoms with Gasteiger partial charge in [-0.2, -0.15) is 0 Å². The maximum absolute atomic E-state index is 11.2. The lowest BCUT2D eigenvalue weighted by Gasteiger charge is -2.30. The van der Waals surface area contributed by atoms with E-state index in [0.717, 1.165) is 64.4 Å². The summed E-state index contributed by atoms with van der Waals surface area (Å²) in [6.07, 6.45) is 4.04. The van der Waals surface area contributed by atoms with Crippen LogP contribution in [-0.2, 0) is 10.2 Å². The number of aliphatic imine (C=N–C) groups is 1. The van der Waals surface area contributed by atoms with Gasteiger partial charge in [-0.25, -0.2) is 0 Å². The number of nitrogens with one attached hydrogen (secondary N) is 2. The normalized spacial score (nSPS) is 16.2. The van der Waals surface area contributed by atoms with E-state index in [1.165, 1.54) is 5.56 Å². The Balaban J connectivity index is 0.00000420. The summed E-state index contributed by atoms with van der Waals surface area (Å²) in [6, 6.07) is 10.6. The number of halogens is 1. The summed E-state index contributed by atoms with van der Waals surface area (Å²) in [5.41, 5.74) is 6.75. The molecule has 0 unspecified atom stereocenters. The van der Waals surface area contributed by atoms with Crippen molar-refractivity contribution in [3.63, 3.8) is 0 Å². The average Bonchev–Trinajstić information content (AvgIpc) is 2.71. The zero-order valence-electron chi connectivity index (χ0n) is 18.1. The third kappa shape index (κ3) is 8.90. The van der Waals surface area contributed by atoms with E-state index in [1.807, 2.05) is 13.1 Å². The zero-order chi connectivity index (χ0) is 20.4. The third-order valence-electron chi connectivity index (χ3n) is 5.66. The van der Waals surface area contributed by atoms with E-state index in [0.29, 0.717) is 0 Å². The molecular weight excluding hydrogens is 477 g/mol. The molecule has 4 N–H and O–H groups in total. The van der Waals surface area contributed by atoms with Crippen molar-refractivity contribution in [2.75, 3.05) is 39.8 Å². The van der Waals surface area contributed by atoms with Gasteiger partial charge in [0.1, 0.15) is 0 Å². The fraction of sp³-hybridized carbons (Fsp3) is 0.636. The first-order chi connectivity index (χ1) is 13.4. The van der Waals surface area contributed by atoms with Crippen molar-refractivity contribution in [2.45, 2.75) is 44.9 Å². The molecule has 1 amide bonds. The van der Waals surface area contributed by atoms with E-state index >= 15 is 0 Å². The fourth-order valence-electron chi connectivity index (χ4n) is 3.62. The van der Waals surface area contributed by atoms with Gasteiger partial charge in [0.2, 0.25) is 5.91 Å². The van der Waals surface area contributed by atoms with Gasteiger partial charge in [0.05, 0.1) is 0 Å². The number of unbranched alkanes of at least 4 members (excludes halogenated alkanes) is 1. The van der Waals surface area contributed by atoms with Crippen LogP contribution in [0.5, 0.6) is 0 Å². The van der Waals surface area contributed by atoms with Crippen LogP contribution in [0.3, 0.4) is 0 Å². The number of likely N-dealkylation sites (tertiary alicyclic amines) is 1. The van der Waals surface area contributed by atoms with Gasteiger partial charge in [-0.05, 0) is 50.9 Å². The third-order valence-corrected chi connectivity index (χ3v) is 5.66. The first kappa shape index (κ1) is 25.7. The molecule has 0 aromatic heterocycles. The minimum absolute atomic E-state index is 0. The Morgan fingerprint density at radius 3 is 2.41 bits per heavy atom. The van der Waals surface area contributed by atoms with Crippen molar-refractivity contribution in [1.82, 2.24) is 15.5 Å². The number of hydrogen-bond acceptors (Lipinski definition) is 3. The average molecular weight is 515 g/mol. The van der Waals surface area contributed by atoms with Gasteiger partial charge in [0.25, 0.3) is 0 Å². The smallest absolute Gasteiger partial charge is 0.220 e. The SMILES string of the molecule is CN=C(NCCCCN1CCC(C(N)=O)CC1)NCC(C)(C)c1ccccc1.I. The number of amides is 1. The monoisotopic (exact) mass is 515 g/mol. The Morgan fingerprint density at radius 1 is 1.17 bits per heavy atom. The van der Waals surface area contributed by atoms with Crippen LogP contribution in [-0.4, -0.2) is 56.5 Å². The number of guanidine groups is 1. The van der Waals surface area contributed by atoms with E-state index in [2.05, 4.69) is 58.6 Å². The van der Waals surface area contributed by atoms with Gasteiger partial charge in [-0.15, -0.1) is 24.0 Å². The van der Waals surface area contributed by atoms with Gasteiger partial charge in [-0.3, -0.25) is 9.79 Å². The number of primary amides is 1. The zero-order valence-corrected chi connectivity index (χ0v) is 20.4. The number of rotatable bonds is 9. The molecule has 1 aromatic rings. The summed E-state index contributed by atoms with van der Waals surface area (Å²) < 4.78 is 0. The number of nitrogens with two attached hydrogens (primary N) is 1. The number of hydrogen-bond donors (Lipinski definition) is 3. The molecule has 1 aromatic carbocycles. The molecule has 6 nitrogen and oxygen atoms in total. The first-order valence-corrected chi connectivity index (χ1v) is 10.4. The van der Waals surface area contributed by atoms with Gasteiger partial charge < -0.3 is 21.3 Å². The summed E-state index contributed by atoms with van der Waals surface area (Å²) in [5.74, 6) is 0.789. The molecule has 0 atom stereocenters. The lowest BCUT2D eigenvalue weighted by molar-refractivity contribution is -0.123. The lowest BCUT2D eigenvalue weighted by atomic mass is 9.85. The molecule has 0 aliphatic carbocycles. The van der Waals surface area contributed by atoms with Crippen LogP contribution in [0.4, 0.5) is 0 Å². The molecule has 1 saturated heterocycles. The second kappa shape index (κ2) is 13.1. The van der Waals surface area contributed by atoms with E-state index in [-0.39, 0.29) is 41.2 Å². The van der Waals surface area contributed by atoms with Crippen molar-refractivity contribution in [1.29, 1.82) is 0 Å². The molecule has 29 heavy (non-hydrogen) atoms. The molecule has 164 valence electrons. The predicted molar refractivity (Wildman–Crippen MR) is 132 cm³/mol. The Hall–Kier alpha value is -1.35. The van der Waals surface area contributed by atoms with Crippen LogP contribution in [0.25, 0.3) is 0 Å². The van der Waals surface area contributed by atoms with Crippen LogP contribution in [0.15, 0.2) is 35.3 Å².